The van der Waals surface area contributed by atoms with E-state index in [9.17, 15) is 13.2 Å². The van der Waals surface area contributed by atoms with E-state index in [1.54, 1.807) is 23.9 Å². The molecule has 0 aliphatic carbocycles. The Labute approximate surface area is 163 Å². The summed E-state index contributed by atoms with van der Waals surface area (Å²) in [6.07, 6.45) is 1.55. The third-order valence-corrected chi connectivity index (χ3v) is 6.85. The van der Waals surface area contributed by atoms with Gasteiger partial charge >= 0.3 is 0 Å². The van der Waals surface area contributed by atoms with Gasteiger partial charge in [-0.15, -0.1) is 0 Å². The average molecular weight is 399 g/mol. The van der Waals surface area contributed by atoms with Crippen molar-refractivity contribution in [1.29, 1.82) is 0 Å². The van der Waals surface area contributed by atoms with Crippen LogP contribution in [0.4, 0.5) is 0 Å². The molecule has 3 heterocycles. The first-order valence-corrected chi connectivity index (χ1v) is 10.5. The molecule has 146 valence electrons. The summed E-state index contributed by atoms with van der Waals surface area (Å²) in [7, 11) is -3.63. The fraction of sp³-hybridized carbons (Fsp3) is 0.316. The highest BCUT2D eigenvalue weighted by Gasteiger charge is 2.40. The predicted molar refractivity (Wildman–Crippen MR) is 104 cm³/mol. The standard InChI is InChI=1S/C19H21N5O3S/c1-3-22-13-18(14(2)20-22)28(26,27)23-11-16(12-23)24-19(25)10-9-17(21-24)15-7-5-4-6-8-15/h4-10,13,16H,3,11-12H2,1-2H3. The van der Waals surface area contributed by atoms with Crippen molar-refractivity contribution in [2.75, 3.05) is 13.1 Å². The fourth-order valence-corrected chi connectivity index (χ4v) is 4.96. The van der Waals surface area contributed by atoms with Gasteiger partial charge in [0.05, 0.1) is 17.4 Å². The Morgan fingerprint density at radius 2 is 1.79 bits per heavy atom. The Bertz CT molecular complexity index is 1160. The summed E-state index contributed by atoms with van der Waals surface area (Å²) < 4.78 is 30.1. The van der Waals surface area contributed by atoms with Crippen molar-refractivity contribution in [3.63, 3.8) is 0 Å². The van der Waals surface area contributed by atoms with Gasteiger partial charge in [-0.3, -0.25) is 9.48 Å². The lowest BCUT2D eigenvalue weighted by atomic mass is 10.1. The number of benzene rings is 1. The van der Waals surface area contributed by atoms with Crippen LogP contribution in [0.15, 0.2) is 58.4 Å². The van der Waals surface area contributed by atoms with E-state index in [1.165, 1.54) is 15.1 Å². The molecule has 0 saturated carbocycles. The summed E-state index contributed by atoms with van der Waals surface area (Å²) >= 11 is 0. The Balaban J connectivity index is 1.57. The second-order valence-corrected chi connectivity index (χ2v) is 8.68. The molecule has 4 rings (SSSR count). The fourth-order valence-electron chi connectivity index (χ4n) is 3.27. The van der Waals surface area contributed by atoms with Crippen molar-refractivity contribution >= 4 is 10.0 Å². The molecular formula is C19H21N5O3S. The number of sulfonamides is 1. The lowest BCUT2D eigenvalue weighted by Crippen LogP contribution is -2.53. The van der Waals surface area contributed by atoms with Gasteiger partial charge in [0.2, 0.25) is 10.0 Å². The van der Waals surface area contributed by atoms with Gasteiger partial charge in [-0.05, 0) is 19.9 Å². The van der Waals surface area contributed by atoms with Gasteiger partial charge in [-0.2, -0.15) is 14.5 Å². The maximum absolute atomic E-state index is 12.9. The summed E-state index contributed by atoms with van der Waals surface area (Å²) in [5.41, 5.74) is 1.83. The first kappa shape index (κ1) is 18.6. The number of rotatable bonds is 5. The molecule has 0 amide bonds. The van der Waals surface area contributed by atoms with Crippen molar-refractivity contribution in [2.24, 2.45) is 0 Å². The lowest BCUT2D eigenvalue weighted by molar-refractivity contribution is 0.186. The average Bonchev–Trinajstić information content (AvgIpc) is 3.04. The highest BCUT2D eigenvalue weighted by atomic mass is 32.2. The Morgan fingerprint density at radius 3 is 2.43 bits per heavy atom. The zero-order chi connectivity index (χ0) is 19.9. The van der Waals surface area contributed by atoms with Crippen LogP contribution in [0.25, 0.3) is 11.3 Å². The van der Waals surface area contributed by atoms with Crippen molar-refractivity contribution < 1.29 is 8.42 Å². The SMILES string of the molecule is CCn1cc(S(=O)(=O)N2CC(n3nc(-c4ccccc4)ccc3=O)C2)c(C)n1. The topological polar surface area (TPSA) is 90.1 Å². The number of aryl methyl sites for hydroxylation is 2. The Hall–Kier alpha value is -2.78. The first-order valence-electron chi connectivity index (χ1n) is 9.09. The summed E-state index contributed by atoms with van der Waals surface area (Å²) in [4.78, 5) is 12.5. The molecule has 28 heavy (non-hydrogen) atoms. The van der Waals surface area contributed by atoms with Crippen molar-refractivity contribution in [2.45, 2.75) is 31.3 Å². The van der Waals surface area contributed by atoms with E-state index in [1.807, 2.05) is 37.3 Å². The number of aromatic nitrogens is 4. The quantitative estimate of drug-likeness (QED) is 0.651. The second-order valence-electron chi connectivity index (χ2n) is 6.78. The molecule has 2 aromatic heterocycles. The Morgan fingerprint density at radius 1 is 1.07 bits per heavy atom. The predicted octanol–water partition coefficient (Wildman–Crippen LogP) is 1.68. The minimum atomic E-state index is -3.63. The molecule has 1 aliphatic rings. The smallest absolute Gasteiger partial charge is 0.267 e. The third-order valence-electron chi connectivity index (χ3n) is 4.91. The molecule has 0 unspecified atom stereocenters. The molecule has 8 nitrogen and oxygen atoms in total. The van der Waals surface area contributed by atoms with Crippen LogP contribution in [0.3, 0.4) is 0 Å². The molecule has 0 N–H and O–H groups in total. The largest absolute Gasteiger partial charge is 0.271 e. The Kier molecular flexibility index (Phi) is 4.64. The van der Waals surface area contributed by atoms with Gasteiger partial charge in [-0.1, -0.05) is 30.3 Å². The van der Waals surface area contributed by atoms with Crippen LogP contribution in [0, 0.1) is 6.92 Å². The molecular weight excluding hydrogens is 378 g/mol. The van der Waals surface area contributed by atoms with Crippen molar-refractivity contribution in [1.82, 2.24) is 23.9 Å². The van der Waals surface area contributed by atoms with Crippen LogP contribution < -0.4 is 5.56 Å². The second kappa shape index (κ2) is 6.99. The number of hydrogen-bond acceptors (Lipinski definition) is 5. The molecule has 1 fully saturated rings. The van der Waals surface area contributed by atoms with Crippen LogP contribution in [0.1, 0.15) is 18.7 Å². The molecule has 3 aromatic rings. The van der Waals surface area contributed by atoms with Gasteiger partial charge in [-0.25, -0.2) is 13.1 Å². The highest BCUT2D eigenvalue weighted by molar-refractivity contribution is 7.89. The molecule has 1 aliphatic heterocycles. The van der Waals surface area contributed by atoms with Gasteiger partial charge in [0.25, 0.3) is 5.56 Å². The van der Waals surface area contributed by atoms with E-state index in [4.69, 9.17) is 0 Å². The minimum absolute atomic E-state index is 0.213. The van der Waals surface area contributed by atoms with Gasteiger partial charge in [0.15, 0.2) is 0 Å². The van der Waals surface area contributed by atoms with E-state index in [0.717, 1.165) is 5.56 Å². The van der Waals surface area contributed by atoms with E-state index < -0.39 is 10.0 Å². The molecule has 0 atom stereocenters. The third kappa shape index (κ3) is 3.16. The van der Waals surface area contributed by atoms with Gasteiger partial charge in [0, 0.05) is 37.5 Å². The maximum atomic E-state index is 12.9. The molecule has 0 spiro atoms. The normalized spacial score (nSPS) is 15.5. The molecule has 0 radical (unpaired) electrons. The lowest BCUT2D eigenvalue weighted by Gasteiger charge is -2.37. The summed E-state index contributed by atoms with van der Waals surface area (Å²) in [5.74, 6) is 0. The summed E-state index contributed by atoms with van der Waals surface area (Å²) in [6, 6.07) is 12.4. The van der Waals surface area contributed by atoms with Crippen molar-refractivity contribution in [3.05, 3.63) is 64.7 Å². The molecule has 0 bridgehead atoms. The monoisotopic (exact) mass is 399 g/mol. The van der Waals surface area contributed by atoms with E-state index in [0.29, 0.717) is 17.9 Å². The molecule has 9 heteroatoms. The van der Waals surface area contributed by atoms with Crippen LogP contribution in [-0.2, 0) is 16.6 Å². The zero-order valence-electron chi connectivity index (χ0n) is 15.7. The van der Waals surface area contributed by atoms with Crippen LogP contribution >= 0.6 is 0 Å². The zero-order valence-corrected chi connectivity index (χ0v) is 16.5. The van der Waals surface area contributed by atoms with E-state index >= 15 is 0 Å². The maximum Gasteiger partial charge on any atom is 0.267 e. The number of hydrogen-bond donors (Lipinski definition) is 0. The van der Waals surface area contributed by atoms with Crippen LogP contribution in [-0.4, -0.2) is 45.4 Å². The van der Waals surface area contributed by atoms with E-state index in [2.05, 4.69) is 10.2 Å². The van der Waals surface area contributed by atoms with Gasteiger partial charge in [0.1, 0.15) is 4.90 Å². The van der Waals surface area contributed by atoms with Crippen molar-refractivity contribution in [3.8, 4) is 11.3 Å². The van der Waals surface area contributed by atoms with Crippen LogP contribution in [0.5, 0.6) is 0 Å². The molecule has 1 saturated heterocycles. The first-order chi connectivity index (χ1) is 13.4. The number of nitrogens with zero attached hydrogens (tertiary/aromatic N) is 5. The molecule has 1 aromatic carbocycles. The minimum Gasteiger partial charge on any atom is -0.271 e. The van der Waals surface area contributed by atoms with Gasteiger partial charge < -0.3 is 0 Å². The summed E-state index contributed by atoms with van der Waals surface area (Å²) in [6.45, 7) is 4.62. The van der Waals surface area contributed by atoms with Crippen LogP contribution in [0.2, 0.25) is 0 Å². The highest BCUT2D eigenvalue weighted by Crippen LogP contribution is 2.28. The van der Waals surface area contributed by atoms with E-state index in [-0.39, 0.29) is 29.6 Å². The summed E-state index contributed by atoms with van der Waals surface area (Å²) in [5, 5.41) is 8.67.